The van der Waals surface area contributed by atoms with Crippen LogP contribution in [-0.4, -0.2) is 21.9 Å². The molecule has 0 aromatic carbocycles. The van der Waals surface area contributed by atoms with Gasteiger partial charge < -0.3 is 11.0 Å². The summed E-state index contributed by atoms with van der Waals surface area (Å²) in [7, 11) is 0. The zero-order valence-corrected chi connectivity index (χ0v) is 2.30. The fourth-order valence-electron chi connectivity index (χ4n) is 0. The first kappa shape index (κ1) is 154. The van der Waals surface area contributed by atoms with E-state index < -0.39 is 0 Å². The Hall–Kier alpha value is 0.630. The van der Waals surface area contributed by atoms with Crippen LogP contribution in [0.5, 0.6) is 0 Å². The van der Waals surface area contributed by atoms with Crippen LogP contribution >= 0.6 is 0 Å². The molecule has 4 N–H and O–H groups in total. The summed E-state index contributed by atoms with van der Waals surface area (Å²) in [4.78, 5) is 0. The molecule has 4 heavy (non-hydrogen) atoms. The second-order valence-corrected chi connectivity index (χ2v) is 0. The Bertz CT molecular complexity index is 6.00. The van der Waals surface area contributed by atoms with E-state index in [2.05, 4.69) is 0 Å². The van der Waals surface area contributed by atoms with Gasteiger partial charge in [-0.1, -0.05) is 0 Å². The molecule has 0 radical (unpaired) electrons. The fraction of sp³-hybridized carbons (Fsp3) is 0. The van der Waals surface area contributed by atoms with E-state index in [-0.39, 0.29) is 38.4 Å². The molecule has 0 aromatic heterocycles. The van der Waals surface area contributed by atoms with E-state index in [1.54, 1.807) is 0 Å². The first-order chi connectivity index (χ1) is 0. The maximum absolute atomic E-state index is 0. The predicted molar refractivity (Wildman–Crippen MR) is 18.6 cm³/mol. The molecule has 0 fully saturated rings. The number of rotatable bonds is 0. The molecule has 4 heteroatoms. The molecule has 0 aliphatic heterocycles. The third-order valence-electron chi connectivity index (χ3n) is 0. The molecule has 0 amide bonds. The minimum absolute atomic E-state index is 0. The molecule has 0 unspecified atom stereocenters. The van der Waals surface area contributed by atoms with Gasteiger partial charge in [-0.15, -0.1) is 0 Å². The summed E-state index contributed by atoms with van der Waals surface area (Å²) in [6.45, 7) is 0. The van der Waals surface area contributed by atoms with Gasteiger partial charge in [0, 0.05) is 16.5 Å². The van der Waals surface area contributed by atoms with Crippen LogP contribution < -0.4 is 0 Å². The van der Waals surface area contributed by atoms with Gasteiger partial charge in [0.05, 0.1) is 0 Å². The fourth-order valence-corrected chi connectivity index (χ4v) is 0. The van der Waals surface area contributed by atoms with Crippen LogP contribution in [0.1, 0.15) is 0 Å². The van der Waals surface area contributed by atoms with E-state index in [1.165, 1.54) is 0 Å². The van der Waals surface area contributed by atoms with Gasteiger partial charge >= 0.3 is 0 Å². The Kier molecular flexibility index (Phi) is 2430. The summed E-state index contributed by atoms with van der Waals surface area (Å²) < 4.78 is 0. The zero-order valence-electron chi connectivity index (χ0n) is 1.32. The smallest absolute Gasteiger partial charge is 0 e. The molecule has 0 rings (SSSR count). The van der Waals surface area contributed by atoms with Gasteiger partial charge in [-0.2, -0.15) is 0 Å². The molecule has 0 aromatic rings. The van der Waals surface area contributed by atoms with Crippen LogP contribution in [0.3, 0.4) is 0 Å². The Morgan fingerprint density at radius 3 is 0.750 bits per heavy atom. The molecule has 34 valence electrons. The van der Waals surface area contributed by atoms with E-state index in [9.17, 15) is 0 Å². The largest absolute Gasteiger partial charge is 0.412 e. The van der Waals surface area contributed by atoms with E-state index in [4.69, 9.17) is 0 Å². The third kappa shape index (κ3) is 17.6. The first-order valence-electron chi connectivity index (χ1n) is 0. The Morgan fingerprint density at radius 1 is 0.750 bits per heavy atom. The van der Waals surface area contributed by atoms with E-state index in [0.717, 1.165) is 0 Å². The van der Waals surface area contributed by atoms with Crippen molar-refractivity contribution in [3.05, 3.63) is 0 Å². The van der Waals surface area contributed by atoms with Crippen molar-refractivity contribution in [2.75, 3.05) is 0 Å². The zero-order chi connectivity index (χ0) is 0. The Morgan fingerprint density at radius 2 is 0.750 bits per heavy atom. The minimum Gasteiger partial charge on any atom is -0.412 e. The molecule has 0 heterocycles. The van der Waals surface area contributed by atoms with E-state index in [0.29, 0.717) is 0 Å². The summed E-state index contributed by atoms with van der Waals surface area (Å²) in [6.07, 6.45) is 0. The third-order valence-corrected chi connectivity index (χ3v) is 0. The molecule has 0 aliphatic rings. The van der Waals surface area contributed by atoms with Gasteiger partial charge in [-0.05, 0) is 11.0 Å². The molecule has 0 saturated carbocycles. The second-order valence-electron chi connectivity index (χ2n) is 0. The summed E-state index contributed by atoms with van der Waals surface area (Å²) in [5, 5.41) is 0. The van der Waals surface area contributed by atoms with Crippen molar-refractivity contribution in [1.29, 1.82) is 0 Å². The standard InChI is InChI=1S/Ni.2H2O.H4Si/h;2*1H2;1H4. The topological polar surface area (TPSA) is 63.0 Å². The molecular formula is H8NiO2Si. The minimum atomic E-state index is 0. The SMILES string of the molecule is O.O.[Ni].[SiH4]. The average Bonchev–Trinajstić information content (AvgIpc) is 0. The summed E-state index contributed by atoms with van der Waals surface area (Å²) in [5.74, 6) is 0. The van der Waals surface area contributed by atoms with E-state index >= 15 is 0 Å². The van der Waals surface area contributed by atoms with Crippen LogP contribution in [0.2, 0.25) is 0 Å². The van der Waals surface area contributed by atoms with Gasteiger partial charge in [0.15, 0.2) is 0 Å². The Labute approximate surface area is 39.2 Å². The number of hydrogen-bond acceptors (Lipinski definition) is 0. The normalized spacial score (nSPS) is 0. The van der Waals surface area contributed by atoms with Gasteiger partial charge in [0.2, 0.25) is 0 Å². The summed E-state index contributed by atoms with van der Waals surface area (Å²) >= 11 is 0. The molecule has 0 aliphatic carbocycles. The second kappa shape index (κ2) is 63.2. The molecular weight excluding hydrogens is 119 g/mol. The predicted octanol–water partition coefficient (Wildman–Crippen LogP) is -3.10. The first-order valence-corrected chi connectivity index (χ1v) is 0. The molecule has 0 saturated heterocycles. The van der Waals surface area contributed by atoms with Crippen molar-refractivity contribution < 1.29 is 27.4 Å². The molecule has 0 bridgehead atoms. The van der Waals surface area contributed by atoms with Gasteiger partial charge in [0.1, 0.15) is 0 Å². The maximum Gasteiger partial charge on any atom is 0 e. The van der Waals surface area contributed by atoms with Crippen molar-refractivity contribution in [2.45, 2.75) is 0 Å². The van der Waals surface area contributed by atoms with E-state index in [1.807, 2.05) is 0 Å². The van der Waals surface area contributed by atoms with Gasteiger partial charge in [-0.3, -0.25) is 0 Å². The van der Waals surface area contributed by atoms with Crippen LogP contribution in [0.15, 0.2) is 0 Å². The maximum atomic E-state index is 0. The van der Waals surface area contributed by atoms with Crippen molar-refractivity contribution in [1.82, 2.24) is 0 Å². The molecule has 2 nitrogen and oxygen atoms in total. The number of hydrogen-bond donors (Lipinski definition) is 0. The van der Waals surface area contributed by atoms with Crippen molar-refractivity contribution in [3.63, 3.8) is 0 Å². The van der Waals surface area contributed by atoms with Crippen LogP contribution in [0.25, 0.3) is 0 Å². The van der Waals surface area contributed by atoms with Gasteiger partial charge in [-0.25, -0.2) is 0 Å². The molecule has 0 atom stereocenters. The Balaban J connectivity index is 0. The monoisotopic (exact) mass is 126 g/mol. The van der Waals surface area contributed by atoms with Crippen molar-refractivity contribution >= 4 is 11.0 Å². The summed E-state index contributed by atoms with van der Waals surface area (Å²) in [5.41, 5.74) is 0. The quantitative estimate of drug-likeness (QED) is 0.309. The van der Waals surface area contributed by atoms with Gasteiger partial charge in [0.25, 0.3) is 0 Å². The summed E-state index contributed by atoms with van der Waals surface area (Å²) in [6, 6.07) is 0. The van der Waals surface area contributed by atoms with Crippen LogP contribution in [-0.2, 0) is 16.5 Å². The van der Waals surface area contributed by atoms with Crippen molar-refractivity contribution in [3.8, 4) is 0 Å². The van der Waals surface area contributed by atoms with Crippen LogP contribution in [0, 0.1) is 0 Å². The molecule has 0 spiro atoms. The van der Waals surface area contributed by atoms with Crippen molar-refractivity contribution in [2.24, 2.45) is 0 Å². The average molecular weight is 127 g/mol. The van der Waals surface area contributed by atoms with Crippen LogP contribution in [0.4, 0.5) is 0 Å².